The van der Waals surface area contributed by atoms with Crippen molar-refractivity contribution < 1.29 is 44.4 Å². The van der Waals surface area contributed by atoms with Gasteiger partial charge in [-0.2, -0.15) is 0 Å². The average molecular weight is 483 g/mol. The molecule has 0 aliphatic carbocycles. The molecule has 0 fully saturated rings. The molecule has 11 N–H and O–H groups in total. The molecule has 14 nitrogen and oxygen atoms in total. The molecule has 0 spiro atoms. The van der Waals surface area contributed by atoms with Gasteiger partial charge in [-0.1, -0.05) is 12.1 Å². The van der Waals surface area contributed by atoms with Gasteiger partial charge in [0, 0.05) is 0 Å². The summed E-state index contributed by atoms with van der Waals surface area (Å²) < 4.78 is 0. The number of hydrogen-bond acceptors (Lipinski definition) is 9. The maximum atomic E-state index is 12.7. The first-order valence-corrected chi connectivity index (χ1v) is 10.1. The van der Waals surface area contributed by atoms with Crippen LogP contribution < -0.4 is 27.4 Å². The van der Waals surface area contributed by atoms with Crippen LogP contribution in [0.2, 0.25) is 0 Å². The molecular formula is C20H29N5O9. The zero-order chi connectivity index (χ0) is 26.0. The molecule has 14 heteroatoms. The Morgan fingerprint density at radius 2 is 1.50 bits per heavy atom. The van der Waals surface area contributed by atoms with Gasteiger partial charge in [0.1, 0.15) is 23.9 Å². The van der Waals surface area contributed by atoms with Gasteiger partial charge in [0.15, 0.2) is 0 Å². The lowest BCUT2D eigenvalue weighted by Crippen LogP contribution is -2.60. The topological polar surface area (TPSA) is 254 Å². The molecule has 0 heterocycles. The molecule has 5 unspecified atom stereocenters. The van der Waals surface area contributed by atoms with Gasteiger partial charge in [0.2, 0.25) is 23.6 Å². The van der Waals surface area contributed by atoms with Gasteiger partial charge >= 0.3 is 5.97 Å². The Balaban J connectivity index is 2.90. The molecule has 5 atom stereocenters. The van der Waals surface area contributed by atoms with Crippen molar-refractivity contribution in [3.8, 4) is 5.75 Å². The largest absolute Gasteiger partial charge is 0.508 e. The standard InChI is InChI=1S/C20H29N5O9/c1-9(27)16(25-17(30)12(21)6-10-2-4-11(28)5-3-10)19(32)23-13(7-15(22)29)18(31)24-14(8-26)20(33)34/h2-5,9,12-14,16,26-28H,6-8,21H2,1H3,(H2,22,29)(H,23,32)(H,24,31)(H,25,30)(H,33,34). The maximum Gasteiger partial charge on any atom is 0.328 e. The first kappa shape index (κ1) is 28.3. The number of benzene rings is 1. The van der Waals surface area contributed by atoms with Gasteiger partial charge in [0.25, 0.3) is 0 Å². The summed E-state index contributed by atoms with van der Waals surface area (Å²) in [6, 6.07) is -0.175. The van der Waals surface area contributed by atoms with Crippen molar-refractivity contribution in [3.05, 3.63) is 29.8 Å². The third-order valence-electron chi connectivity index (χ3n) is 4.63. The Kier molecular flexibility index (Phi) is 10.9. The summed E-state index contributed by atoms with van der Waals surface area (Å²) in [5, 5.41) is 43.6. The van der Waals surface area contributed by atoms with E-state index in [1.54, 1.807) is 12.1 Å². The van der Waals surface area contributed by atoms with E-state index in [9.17, 15) is 34.2 Å². The lowest BCUT2D eigenvalue weighted by molar-refractivity contribution is -0.143. The fourth-order valence-electron chi connectivity index (χ4n) is 2.77. The predicted molar refractivity (Wildman–Crippen MR) is 116 cm³/mol. The molecule has 0 bridgehead atoms. The van der Waals surface area contributed by atoms with E-state index in [4.69, 9.17) is 21.7 Å². The molecule has 0 radical (unpaired) electrons. The summed E-state index contributed by atoms with van der Waals surface area (Å²) in [6.07, 6.45) is -2.13. The van der Waals surface area contributed by atoms with Crippen LogP contribution in [0.3, 0.4) is 0 Å². The highest BCUT2D eigenvalue weighted by Gasteiger charge is 2.33. The second kappa shape index (κ2) is 13.1. The fourth-order valence-corrected chi connectivity index (χ4v) is 2.77. The Hall–Kier alpha value is -3.75. The van der Waals surface area contributed by atoms with Crippen molar-refractivity contribution in [3.63, 3.8) is 0 Å². The number of carbonyl (C=O) groups excluding carboxylic acids is 4. The highest BCUT2D eigenvalue weighted by atomic mass is 16.4. The minimum Gasteiger partial charge on any atom is -0.508 e. The van der Waals surface area contributed by atoms with E-state index in [1.165, 1.54) is 19.1 Å². The number of aliphatic hydroxyl groups excluding tert-OH is 2. The van der Waals surface area contributed by atoms with Crippen LogP contribution in [-0.2, 0) is 30.4 Å². The van der Waals surface area contributed by atoms with Crippen molar-refractivity contribution in [2.24, 2.45) is 11.5 Å². The summed E-state index contributed by atoms with van der Waals surface area (Å²) in [6.45, 7) is 0.231. The van der Waals surface area contributed by atoms with Crippen LogP contribution >= 0.6 is 0 Å². The number of nitrogens with two attached hydrogens (primary N) is 2. The molecule has 1 aromatic carbocycles. The van der Waals surface area contributed by atoms with Gasteiger partial charge in [-0.25, -0.2) is 4.79 Å². The molecule has 0 aromatic heterocycles. The first-order chi connectivity index (χ1) is 15.8. The van der Waals surface area contributed by atoms with Gasteiger partial charge in [-0.3, -0.25) is 19.2 Å². The average Bonchev–Trinajstić information content (AvgIpc) is 2.75. The normalized spacial score (nSPS) is 15.2. The molecule has 188 valence electrons. The number of rotatable bonds is 13. The van der Waals surface area contributed by atoms with Crippen molar-refractivity contribution in [2.75, 3.05) is 6.61 Å². The number of carboxylic acid groups (broad SMARTS) is 1. The van der Waals surface area contributed by atoms with Crippen LogP contribution in [0.1, 0.15) is 18.9 Å². The SMILES string of the molecule is CC(O)C(NC(=O)C(N)Cc1ccc(O)cc1)C(=O)NC(CC(N)=O)C(=O)NC(CO)C(=O)O. The van der Waals surface area contributed by atoms with Crippen molar-refractivity contribution in [1.29, 1.82) is 0 Å². The van der Waals surface area contributed by atoms with Crippen LogP contribution in [0.15, 0.2) is 24.3 Å². The lowest BCUT2D eigenvalue weighted by Gasteiger charge is -2.26. The van der Waals surface area contributed by atoms with Crippen LogP contribution in [0.4, 0.5) is 0 Å². The van der Waals surface area contributed by atoms with Gasteiger partial charge in [-0.15, -0.1) is 0 Å². The molecule has 0 saturated carbocycles. The number of nitrogens with one attached hydrogen (secondary N) is 3. The fraction of sp³-hybridized carbons (Fsp3) is 0.450. The third kappa shape index (κ3) is 9.01. The number of aliphatic carboxylic acids is 1. The van der Waals surface area contributed by atoms with Crippen molar-refractivity contribution in [2.45, 2.75) is 50.0 Å². The summed E-state index contributed by atoms with van der Waals surface area (Å²) in [5.41, 5.74) is 11.6. The zero-order valence-corrected chi connectivity index (χ0v) is 18.3. The van der Waals surface area contributed by atoms with E-state index < -0.39 is 72.9 Å². The number of carboxylic acids is 1. The summed E-state index contributed by atoms with van der Waals surface area (Å²) in [5.74, 6) is -5.56. The quantitative estimate of drug-likeness (QED) is 0.131. The monoisotopic (exact) mass is 483 g/mol. The molecule has 1 aromatic rings. The van der Waals surface area contributed by atoms with E-state index in [0.29, 0.717) is 5.56 Å². The second-order valence-corrected chi connectivity index (χ2v) is 7.52. The van der Waals surface area contributed by atoms with E-state index in [-0.39, 0.29) is 12.2 Å². The number of carbonyl (C=O) groups is 5. The smallest absolute Gasteiger partial charge is 0.328 e. The number of aromatic hydroxyl groups is 1. The number of primary amides is 1. The minimum atomic E-state index is -1.70. The Morgan fingerprint density at radius 1 is 0.941 bits per heavy atom. The summed E-state index contributed by atoms with van der Waals surface area (Å²) in [7, 11) is 0. The number of hydrogen-bond donors (Lipinski definition) is 9. The molecule has 34 heavy (non-hydrogen) atoms. The number of phenols is 1. The van der Waals surface area contributed by atoms with Gasteiger partial charge < -0.3 is 47.8 Å². The second-order valence-electron chi connectivity index (χ2n) is 7.52. The van der Waals surface area contributed by atoms with Crippen molar-refractivity contribution >= 4 is 29.6 Å². The number of amides is 4. The summed E-state index contributed by atoms with van der Waals surface area (Å²) in [4.78, 5) is 59.8. The highest BCUT2D eigenvalue weighted by Crippen LogP contribution is 2.11. The summed E-state index contributed by atoms with van der Waals surface area (Å²) >= 11 is 0. The van der Waals surface area contributed by atoms with E-state index in [2.05, 4.69) is 10.6 Å². The van der Waals surface area contributed by atoms with Gasteiger partial charge in [0.05, 0.1) is 25.2 Å². The van der Waals surface area contributed by atoms with E-state index >= 15 is 0 Å². The Labute approximate surface area is 194 Å². The predicted octanol–water partition coefficient (Wildman–Crippen LogP) is -3.95. The molecular weight excluding hydrogens is 454 g/mol. The molecule has 0 aliphatic rings. The lowest BCUT2D eigenvalue weighted by atomic mass is 10.0. The molecule has 1 rings (SSSR count). The van der Waals surface area contributed by atoms with Crippen LogP contribution in [0.25, 0.3) is 0 Å². The van der Waals surface area contributed by atoms with Gasteiger partial charge in [-0.05, 0) is 31.0 Å². The maximum absolute atomic E-state index is 12.7. The number of aliphatic hydroxyl groups is 2. The Morgan fingerprint density at radius 3 is 1.97 bits per heavy atom. The Bertz CT molecular complexity index is 891. The molecule has 0 aliphatic heterocycles. The first-order valence-electron chi connectivity index (χ1n) is 10.1. The minimum absolute atomic E-state index is 0.0239. The van der Waals surface area contributed by atoms with Crippen LogP contribution in [0, 0.1) is 0 Å². The van der Waals surface area contributed by atoms with E-state index in [0.717, 1.165) is 0 Å². The van der Waals surface area contributed by atoms with Crippen LogP contribution in [-0.4, -0.2) is 86.9 Å². The van der Waals surface area contributed by atoms with E-state index in [1.807, 2.05) is 5.32 Å². The highest BCUT2D eigenvalue weighted by molar-refractivity contribution is 5.96. The number of phenolic OH excluding ortho intramolecular Hbond substituents is 1. The van der Waals surface area contributed by atoms with Crippen molar-refractivity contribution in [1.82, 2.24) is 16.0 Å². The third-order valence-corrected chi connectivity index (χ3v) is 4.63. The zero-order valence-electron chi connectivity index (χ0n) is 18.3. The van der Waals surface area contributed by atoms with Crippen LogP contribution in [0.5, 0.6) is 5.75 Å². The molecule has 4 amide bonds. The molecule has 0 saturated heterocycles.